The normalized spacial score (nSPS) is 14.4. The van der Waals surface area contributed by atoms with Gasteiger partial charge in [0.05, 0.1) is 0 Å². The number of benzene rings is 1. The minimum absolute atomic E-state index is 0.422. The Hall–Kier alpha value is -1.06. The first-order valence-electron chi connectivity index (χ1n) is 5.32. The lowest BCUT2D eigenvalue weighted by molar-refractivity contribution is -0.124. The maximum atomic E-state index is 11.6. The molecule has 0 saturated heterocycles. The van der Waals surface area contributed by atoms with Gasteiger partial charge in [-0.2, -0.15) is 0 Å². The molecule has 1 amide bonds. The molecule has 0 aliphatic heterocycles. The molecule has 0 spiro atoms. The molecule has 1 aromatic rings. The zero-order chi connectivity index (χ0) is 12.2. The van der Waals surface area contributed by atoms with Gasteiger partial charge in [-0.15, -0.1) is 0 Å². The van der Waals surface area contributed by atoms with E-state index in [1.54, 1.807) is 13.0 Å². The van der Waals surface area contributed by atoms with Crippen LogP contribution in [0.4, 0.5) is 0 Å². The molecule has 1 unspecified atom stereocenters. The van der Waals surface area contributed by atoms with E-state index in [9.17, 15) is 4.79 Å². The molecule has 0 saturated carbocycles. The van der Waals surface area contributed by atoms with E-state index in [4.69, 9.17) is 17.3 Å². The van der Waals surface area contributed by atoms with Crippen LogP contribution in [0.15, 0.2) is 24.3 Å². The summed E-state index contributed by atoms with van der Waals surface area (Å²) in [4.78, 5) is 11.6. The molecular formula is C12H17ClN2O. The van der Waals surface area contributed by atoms with Crippen molar-refractivity contribution in [1.82, 2.24) is 5.32 Å². The van der Waals surface area contributed by atoms with Gasteiger partial charge in [0.1, 0.15) is 5.54 Å². The number of nitrogens with one attached hydrogen (secondary N) is 1. The smallest absolute Gasteiger partial charge is 0.242 e. The van der Waals surface area contributed by atoms with Gasteiger partial charge in [-0.1, -0.05) is 36.7 Å². The van der Waals surface area contributed by atoms with Crippen molar-refractivity contribution in [1.29, 1.82) is 0 Å². The summed E-state index contributed by atoms with van der Waals surface area (Å²) in [6, 6.07) is 7.24. The van der Waals surface area contributed by atoms with Crippen LogP contribution in [-0.4, -0.2) is 12.5 Å². The van der Waals surface area contributed by atoms with Crippen LogP contribution < -0.4 is 11.1 Å². The van der Waals surface area contributed by atoms with Crippen LogP contribution in [0.1, 0.15) is 25.8 Å². The number of carbonyl (C=O) groups excluding carboxylic acids is 1. The highest BCUT2D eigenvalue weighted by Gasteiger charge is 2.33. The van der Waals surface area contributed by atoms with Gasteiger partial charge in [-0.05, 0) is 31.5 Å². The van der Waals surface area contributed by atoms with Crippen LogP contribution in [0.5, 0.6) is 0 Å². The summed E-state index contributed by atoms with van der Waals surface area (Å²) in [5, 5.41) is 3.69. The Labute approximate surface area is 101 Å². The molecule has 88 valence electrons. The van der Waals surface area contributed by atoms with Gasteiger partial charge in [-0.25, -0.2) is 0 Å². The molecule has 3 nitrogen and oxygen atoms in total. The van der Waals surface area contributed by atoms with E-state index >= 15 is 0 Å². The Morgan fingerprint density at radius 2 is 2.12 bits per heavy atom. The number of amides is 1. The largest absolute Gasteiger partial charge is 0.368 e. The zero-order valence-electron chi connectivity index (χ0n) is 9.59. The van der Waals surface area contributed by atoms with Gasteiger partial charge in [0.2, 0.25) is 5.91 Å². The molecule has 0 radical (unpaired) electrons. The highest BCUT2D eigenvalue weighted by atomic mass is 35.5. The first-order valence-corrected chi connectivity index (χ1v) is 5.70. The lowest BCUT2D eigenvalue weighted by atomic mass is 9.91. The Morgan fingerprint density at radius 1 is 1.50 bits per heavy atom. The molecular weight excluding hydrogens is 224 g/mol. The summed E-state index contributed by atoms with van der Waals surface area (Å²) in [6.45, 7) is 4.50. The number of rotatable bonds is 5. The molecule has 3 N–H and O–H groups in total. The minimum atomic E-state index is -0.908. The molecule has 1 rings (SSSR count). The van der Waals surface area contributed by atoms with Crippen molar-refractivity contribution in [2.75, 3.05) is 6.54 Å². The Balaban J connectivity index is 3.11. The molecule has 0 bridgehead atoms. The van der Waals surface area contributed by atoms with Crippen LogP contribution in [0.25, 0.3) is 0 Å². The fourth-order valence-electron chi connectivity index (χ4n) is 1.56. The lowest BCUT2D eigenvalue weighted by Crippen LogP contribution is -2.50. The van der Waals surface area contributed by atoms with Gasteiger partial charge >= 0.3 is 0 Å². The number of halogens is 1. The molecule has 1 atom stereocenters. The highest BCUT2D eigenvalue weighted by Crippen LogP contribution is 2.27. The third-order valence-corrected chi connectivity index (χ3v) is 2.96. The Morgan fingerprint density at radius 3 is 2.62 bits per heavy atom. The van der Waals surface area contributed by atoms with Crippen molar-refractivity contribution in [2.45, 2.75) is 25.8 Å². The second kappa shape index (κ2) is 5.32. The standard InChI is InChI=1S/C12H17ClN2O/c1-3-8-15-12(2,11(14)16)9-6-4-5-7-10(9)13/h4-7,15H,3,8H2,1-2H3,(H2,14,16). The van der Waals surface area contributed by atoms with Crippen LogP contribution in [0.2, 0.25) is 5.02 Å². The first kappa shape index (κ1) is 13.0. The van der Waals surface area contributed by atoms with Crippen molar-refractivity contribution in [3.63, 3.8) is 0 Å². The van der Waals surface area contributed by atoms with E-state index in [2.05, 4.69) is 5.32 Å². The molecule has 0 fully saturated rings. The van der Waals surface area contributed by atoms with E-state index in [0.29, 0.717) is 11.6 Å². The second-order valence-corrected chi connectivity index (χ2v) is 4.30. The van der Waals surface area contributed by atoms with Crippen LogP contribution >= 0.6 is 11.6 Å². The van der Waals surface area contributed by atoms with Crippen molar-refractivity contribution in [2.24, 2.45) is 5.73 Å². The number of carbonyl (C=O) groups is 1. The maximum Gasteiger partial charge on any atom is 0.242 e. The first-order chi connectivity index (χ1) is 7.52. The van der Waals surface area contributed by atoms with Gasteiger partial charge in [0, 0.05) is 5.02 Å². The van der Waals surface area contributed by atoms with Crippen LogP contribution in [0, 0.1) is 0 Å². The number of primary amides is 1. The lowest BCUT2D eigenvalue weighted by Gasteiger charge is -2.28. The van der Waals surface area contributed by atoms with Gasteiger partial charge < -0.3 is 5.73 Å². The van der Waals surface area contributed by atoms with Crippen molar-refractivity contribution < 1.29 is 4.79 Å². The quantitative estimate of drug-likeness (QED) is 0.828. The average molecular weight is 241 g/mol. The molecule has 16 heavy (non-hydrogen) atoms. The van der Waals surface area contributed by atoms with E-state index in [-0.39, 0.29) is 0 Å². The summed E-state index contributed by atoms with van der Waals surface area (Å²) in [5.41, 5.74) is 5.26. The topological polar surface area (TPSA) is 55.1 Å². The summed E-state index contributed by atoms with van der Waals surface area (Å²) < 4.78 is 0. The predicted molar refractivity (Wildman–Crippen MR) is 66.3 cm³/mol. The van der Waals surface area contributed by atoms with E-state index < -0.39 is 11.4 Å². The fraction of sp³-hybridized carbons (Fsp3) is 0.417. The minimum Gasteiger partial charge on any atom is -0.368 e. The number of nitrogens with two attached hydrogens (primary N) is 1. The zero-order valence-corrected chi connectivity index (χ0v) is 10.3. The fourth-order valence-corrected chi connectivity index (χ4v) is 1.88. The SMILES string of the molecule is CCCNC(C)(C(N)=O)c1ccccc1Cl. The van der Waals surface area contributed by atoms with E-state index in [0.717, 1.165) is 12.0 Å². The van der Waals surface area contributed by atoms with Crippen LogP contribution in [0.3, 0.4) is 0 Å². The Kier molecular flexibility index (Phi) is 4.33. The van der Waals surface area contributed by atoms with Crippen molar-refractivity contribution in [3.8, 4) is 0 Å². The highest BCUT2D eigenvalue weighted by molar-refractivity contribution is 6.31. The summed E-state index contributed by atoms with van der Waals surface area (Å²) >= 11 is 6.08. The van der Waals surface area contributed by atoms with Gasteiger partial charge in [0.15, 0.2) is 0 Å². The predicted octanol–water partition coefficient (Wildman–Crippen LogP) is 2.04. The molecule has 0 aliphatic rings. The molecule has 0 aliphatic carbocycles. The summed E-state index contributed by atoms with van der Waals surface area (Å²) in [5.74, 6) is -0.422. The monoisotopic (exact) mass is 240 g/mol. The van der Waals surface area contributed by atoms with Crippen molar-refractivity contribution in [3.05, 3.63) is 34.9 Å². The molecule has 1 aromatic carbocycles. The summed E-state index contributed by atoms with van der Waals surface area (Å²) in [7, 11) is 0. The van der Waals surface area contributed by atoms with Gasteiger partial charge in [0.25, 0.3) is 0 Å². The summed E-state index contributed by atoms with van der Waals surface area (Å²) in [6.07, 6.45) is 0.924. The average Bonchev–Trinajstić information content (AvgIpc) is 2.26. The molecule has 0 aromatic heterocycles. The van der Waals surface area contributed by atoms with Crippen LogP contribution in [-0.2, 0) is 10.3 Å². The molecule has 4 heteroatoms. The van der Waals surface area contributed by atoms with E-state index in [1.807, 2.05) is 25.1 Å². The molecule has 0 heterocycles. The second-order valence-electron chi connectivity index (χ2n) is 3.90. The number of hydrogen-bond donors (Lipinski definition) is 2. The number of hydrogen-bond acceptors (Lipinski definition) is 2. The van der Waals surface area contributed by atoms with E-state index in [1.165, 1.54) is 0 Å². The third-order valence-electron chi connectivity index (χ3n) is 2.63. The maximum absolute atomic E-state index is 11.6. The van der Waals surface area contributed by atoms with Gasteiger partial charge in [-0.3, -0.25) is 10.1 Å². The third kappa shape index (κ3) is 2.54. The Bertz CT molecular complexity index is 381. The van der Waals surface area contributed by atoms with Crippen molar-refractivity contribution >= 4 is 17.5 Å².